The van der Waals surface area contributed by atoms with Gasteiger partial charge in [-0.3, -0.25) is 4.98 Å². The van der Waals surface area contributed by atoms with E-state index in [1.807, 2.05) is 38.4 Å². The number of hydrogen-bond donors (Lipinski definition) is 0. The fourth-order valence-corrected chi connectivity index (χ4v) is 2.69. The largest absolute Gasteiger partial charge is 0.496 e. The van der Waals surface area contributed by atoms with Gasteiger partial charge in [0.1, 0.15) is 11.5 Å². The van der Waals surface area contributed by atoms with E-state index < -0.39 is 0 Å². The molecule has 21 heavy (non-hydrogen) atoms. The molecule has 0 radical (unpaired) electrons. The van der Waals surface area contributed by atoms with Gasteiger partial charge in [0.05, 0.1) is 37.2 Å². The quantitative estimate of drug-likeness (QED) is 0.737. The molecule has 2 aromatic heterocycles. The van der Waals surface area contributed by atoms with Gasteiger partial charge in [0.2, 0.25) is 0 Å². The summed E-state index contributed by atoms with van der Waals surface area (Å²) >= 11 is 0. The van der Waals surface area contributed by atoms with Gasteiger partial charge in [0, 0.05) is 18.1 Å². The number of pyridine rings is 1. The fraction of sp³-hybridized carbons (Fsp3) is 0.235. The lowest BCUT2D eigenvalue weighted by Gasteiger charge is -2.13. The molecule has 0 saturated heterocycles. The Morgan fingerprint density at radius 3 is 2.33 bits per heavy atom. The van der Waals surface area contributed by atoms with E-state index in [0.717, 1.165) is 39.4 Å². The van der Waals surface area contributed by atoms with Crippen LogP contribution in [0, 0.1) is 6.92 Å². The number of benzene rings is 1. The molecule has 3 aromatic rings. The Kier molecular flexibility index (Phi) is 3.29. The lowest BCUT2D eigenvalue weighted by atomic mass is 10.1. The molecule has 0 N–H and O–H groups in total. The van der Waals surface area contributed by atoms with E-state index >= 15 is 0 Å². The lowest BCUT2D eigenvalue weighted by Crippen LogP contribution is -1.97. The van der Waals surface area contributed by atoms with Crippen LogP contribution >= 0.6 is 0 Å². The molecule has 0 unspecified atom stereocenters. The van der Waals surface area contributed by atoms with Gasteiger partial charge < -0.3 is 14.0 Å². The van der Waals surface area contributed by atoms with Crippen molar-refractivity contribution in [1.29, 1.82) is 0 Å². The van der Waals surface area contributed by atoms with Crippen molar-refractivity contribution in [1.82, 2.24) is 9.55 Å². The van der Waals surface area contributed by atoms with Gasteiger partial charge in [-0.2, -0.15) is 0 Å². The van der Waals surface area contributed by atoms with Crippen LogP contribution in [0.2, 0.25) is 0 Å². The Hall–Kier alpha value is -2.49. The molecular weight excluding hydrogens is 264 g/mol. The molecule has 0 fully saturated rings. The summed E-state index contributed by atoms with van der Waals surface area (Å²) in [6.07, 6.45) is 1.90. The van der Waals surface area contributed by atoms with Crippen LogP contribution in [0.4, 0.5) is 0 Å². The summed E-state index contributed by atoms with van der Waals surface area (Å²) in [6.45, 7) is 2.00. The van der Waals surface area contributed by atoms with Gasteiger partial charge in [0.25, 0.3) is 0 Å². The van der Waals surface area contributed by atoms with Crippen molar-refractivity contribution in [2.75, 3.05) is 14.2 Å². The van der Waals surface area contributed by atoms with Gasteiger partial charge in [-0.15, -0.1) is 0 Å². The molecule has 4 heteroatoms. The third kappa shape index (κ3) is 2.13. The highest BCUT2D eigenvalue weighted by Gasteiger charge is 2.17. The summed E-state index contributed by atoms with van der Waals surface area (Å²) in [5.41, 5.74) is 4.10. The molecule has 0 bridgehead atoms. The van der Waals surface area contributed by atoms with Gasteiger partial charge in [-0.1, -0.05) is 6.07 Å². The minimum atomic E-state index is 0.796. The van der Waals surface area contributed by atoms with Crippen LogP contribution < -0.4 is 9.47 Å². The average molecular weight is 282 g/mol. The maximum Gasteiger partial charge on any atom is 0.131 e. The van der Waals surface area contributed by atoms with Crippen molar-refractivity contribution in [3.8, 4) is 22.8 Å². The van der Waals surface area contributed by atoms with Crippen molar-refractivity contribution in [3.63, 3.8) is 0 Å². The van der Waals surface area contributed by atoms with E-state index in [1.54, 1.807) is 14.2 Å². The Morgan fingerprint density at radius 1 is 1.05 bits per heavy atom. The number of fused-ring (bicyclic) bond motifs is 1. The summed E-state index contributed by atoms with van der Waals surface area (Å²) in [7, 11) is 5.37. The monoisotopic (exact) mass is 282 g/mol. The summed E-state index contributed by atoms with van der Waals surface area (Å²) in [6, 6.07) is 10.0. The van der Waals surface area contributed by atoms with E-state index in [1.165, 1.54) is 0 Å². The maximum atomic E-state index is 5.51. The predicted molar refractivity (Wildman–Crippen MR) is 84.0 cm³/mol. The first-order valence-electron chi connectivity index (χ1n) is 6.79. The molecular formula is C17H18N2O2. The lowest BCUT2D eigenvalue weighted by molar-refractivity contribution is 0.397. The Bertz CT molecular complexity index is 784. The number of aromatic nitrogens is 2. The van der Waals surface area contributed by atoms with Crippen LogP contribution in [-0.2, 0) is 7.05 Å². The molecule has 0 aliphatic heterocycles. The van der Waals surface area contributed by atoms with Crippen LogP contribution in [-0.4, -0.2) is 23.8 Å². The topological polar surface area (TPSA) is 36.3 Å². The zero-order valence-electron chi connectivity index (χ0n) is 12.7. The molecule has 0 saturated carbocycles. The van der Waals surface area contributed by atoms with E-state index in [-0.39, 0.29) is 0 Å². The molecule has 2 heterocycles. The van der Waals surface area contributed by atoms with Gasteiger partial charge in [-0.05, 0) is 31.2 Å². The number of aryl methyl sites for hydroxylation is 2. The second kappa shape index (κ2) is 5.13. The van der Waals surface area contributed by atoms with Crippen LogP contribution in [0.3, 0.4) is 0 Å². The molecule has 3 rings (SSSR count). The zero-order valence-corrected chi connectivity index (χ0v) is 12.7. The SMILES string of the molecule is COc1cccc(OC)c1-c1cc2cc(C)ncc2n1C. The summed E-state index contributed by atoms with van der Waals surface area (Å²) in [5, 5.41) is 1.16. The maximum absolute atomic E-state index is 5.51. The van der Waals surface area contributed by atoms with Crippen molar-refractivity contribution in [2.45, 2.75) is 6.92 Å². The van der Waals surface area contributed by atoms with Crippen molar-refractivity contribution >= 4 is 10.9 Å². The van der Waals surface area contributed by atoms with E-state index in [0.29, 0.717) is 0 Å². The second-order valence-corrected chi connectivity index (χ2v) is 5.01. The molecule has 0 aliphatic rings. The zero-order chi connectivity index (χ0) is 15.0. The van der Waals surface area contributed by atoms with E-state index in [9.17, 15) is 0 Å². The normalized spacial score (nSPS) is 10.9. The molecule has 108 valence electrons. The first-order valence-corrected chi connectivity index (χ1v) is 6.79. The second-order valence-electron chi connectivity index (χ2n) is 5.01. The number of ether oxygens (including phenoxy) is 2. The van der Waals surface area contributed by atoms with Crippen molar-refractivity contribution in [3.05, 3.63) is 42.2 Å². The molecule has 0 spiro atoms. The smallest absolute Gasteiger partial charge is 0.131 e. The predicted octanol–water partition coefficient (Wildman–Crippen LogP) is 3.57. The highest BCUT2D eigenvalue weighted by atomic mass is 16.5. The molecule has 4 nitrogen and oxygen atoms in total. The van der Waals surface area contributed by atoms with Gasteiger partial charge in [0.15, 0.2) is 0 Å². The van der Waals surface area contributed by atoms with Crippen LogP contribution in [0.5, 0.6) is 11.5 Å². The average Bonchev–Trinajstić information content (AvgIpc) is 2.82. The third-order valence-corrected chi connectivity index (χ3v) is 3.75. The molecule has 0 aliphatic carbocycles. The fourth-order valence-electron chi connectivity index (χ4n) is 2.69. The molecule has 0 amide bonds. The Labute approximate surface area is 123 Å². The first-order chi connectivity index (χ1) is 10.2. The standard InChI is InChI=1S/C17H18N2O2/c1-11-8-12-9-13(19(2)14(12)10-18-11)17-15(20-3)6-5-7-16(17)21-4/h5-10H,1-4H3. The number of rotatable bonds is 3. The van der Waals surface area contributed by atoms with Crippen molar-refractivity contribution < 1.29 is 9.47 Å². The van der Waals surface area contributed by atoms with E-state index in [2.05, 4.69) is 21.7 Å². The van der Waals surface area contributed by atoms with Gasteiger partial charge >= 0.3 is 0 Å². The number of methoxy groups -OCH3 is 2. The van der Waals surface area contributed by atoms with Crippen LogP contribution in [0.25, 0.3) is 22.2 Å². The first kappa shape index (κ1) is 13.5. The Morgan fingerprint density at radius 2 is 1.71 bits per heavy atom. The summed E-state index contributed by atoms with van der Waals surface area (Å²) < 4.78 is 13.1. The summed E-state index contributed by atoms with van der Waals surface area (Å²) in [5.74, 6) is 1.59. The van der Waals surface area contributed by atoms with Gasteiger partial charge in [-0.25, -0.2) is 0 Å². The minimum Gasteiger partial charge on any atom is -0.496 e. The highest BCUT2D eigenvalue weighted by molar-refractivity contribution is 5.89. The van der Waals surface area contributed by atoms with E-state index in [4.69, 9.17) is 9.47 Å². The van der Waals surface area contributed by atoms with Crippen molar-refractivity contribution in [2.24, 2.45) is 7.05 Å². The van der Waals surface area contributed by atoms with Crippen LogP contribution in [0.15, 0.2) is 36.5 Å². The minimum absolute atomic E-state index is 0.796. The highest BCUT2D eigenvalue weighted by Crippen LogP contribution is 2.40. The molecule has 0 atom stereocenters. The summed E-state index contributed by atoms with van der Waals surface area (Å²) in [4.78, 5) is 4.38. The number of nitrogens with zero attached hydrogens (tertiary/aromatic N) is 2. The Balaban J connectivity index is 2.32. The van der Waals surface area contributed by atoms with Crippen LogP contribution in [0.1, 0.15) is 5.69 Å². The third-order valence-electron chi connectivity index (χ3n) is 3.75. The molecule has 1 aromatic carbocycles. The number of hydrogen-bond acceptors (Lipinski definition) is 3.